The first-order valence-corrected chi connectivity index (χ1v) is 8.95. The summed E-state index contributed by atoms with van der Waals surface area (Å²) in [6, 6.07) is 25.8. The first-order chi connectivity index (χ1) is 12.8. The molecule has 0 aliphatic heterocycles. The van der Waals surface area contributed by atoms with Gasteiger partial charge < -0.3 is 10.1 Å². The number of aryl methyl sites for hydroxylation is 1. The Morgan fingerprint density at radius 3 is 2.46 bits per heavy atom. The fraction of sp³-hybridized carbons (Fsp3) is 0.174. The molecule has 4 rings (SSSR count). The van der Waals surface area contributed by atoms with Crippen LogP contribution in [0.15, 0.2) is 78.9 Å². The van der Waals surface area contributed by atoms with Gasteiger partial charge in [0, 0.05) is 5.56 Å². The monoisotopic (exact) mass is 343 g/mol. The normalized spacial score (nSPS) is 15.3. The molecule has 0 radical (unpaired) electrons. The number of nitrogens with one attached hydrogen (secondary N) is 1. The largest absolute Gasteiger partial charge is 0.489 e. The van der Waals surface area contributed by atoms with Crippen LogP contribution in [0, 0.1) is 0 Å². The van der Waals surface area contributed by atoms with Crippen molar-refractivity contribution >= 4 is 5.91 Å². The highest BCUT2D eigenvalue weighted by molar-refractivity contribution is 5.94. The van der Waals surface area contributed by atoms with E-state index in [1.165, 1.54) is 11.1 Å². The van der Waals surface area contributed by atoms with Crippen LogP contribution in [0.5, 0.6) is 5.75 Å². The molecule has 1 atom stereocenters. The van der Waals surface area contributed by atoms with E-state index in [4.69, 9.17) is 4.74 Å². The molecule has 3 aromatic carbocycles. The lowest BCUT2D eigenvalue weighted by molar-refractivity contribution is 0.0936. The molecule has 0 bridgehead atoms. The second kappa shape index (κ2) is 7.44. The van der Waals surface area contributed by atoms with Crippen LogP contribution < -0.4 is 10.1 Å². The molecule has 1 amide bonds. The second-order valence-corrected chi connectivity index (χ2v) is 6.56. The Balaban J connectivity index is 1.37. The maximum absolute atomic E-state index is 12.6. The van der Waals surface area contributed by atoms with E-state index in [2.05, 4.69) is 23.5 Å². The third-order valence-electron chi connectivity index (χ3n) is 4.80. The molecule has 0 saturated carbocycles. The molecule has 3 heteroatoms. The topological polar surface area (TPSA) is 38.3 Å². The predicted octanol–water partition coefficient (Wildman–Crippen LogP) is 4.68. The summed E-state index contributed by atoms with van der Waals surface area (Å²) in [5.41, 5.74) is 4.30. The zero-order valence-electron chi connectivity index (χ0n) is 14.5. The van der Waals surface area contributed by atoms with Crippen molar-refractivity contribution in [1.82, 2.24) is 5.32 Å². The van der Waals surface area contributed by atoms with Crippen LogP contribution >= 0.6 is 0 Å². The van der Waals surface area contributed by atoms with Crippen molar-refractivity contribution in [1.29, 1.82) is 0 Å². The standard InChI is InChI=1S/C23H21NO2/c25-23(24-22-15-14-18-6-4-5-9-21(18)22)19-12-10-17(11-13-19)16-26-20-7-2-1-3-8-20/h1-13,22H,14-16H2,(H,24,25). The quantitative estimate of drug-likeness (QED) is 0.730. The summed E-state index contributed by atoms with van der Waals surface area (Å²) in [7, 11) is 0. The average Bonchev–Trinajstić information content (AvgIpc) is 3.10. The van der Waals surface area contributed by atoms with Gasteiger partial charge in [0.05, 0.1) is 6.04 Å². The summed E-state index contributed by atoms with van der Waals surface area (Å²) in [5.74, 6) is 0.816. The number of amides is 1. The molecule has 1 aliphatic carbocycles. The molecular formula is C23H21NO2. The molecule has 1 N–H and O–H groups in total. The third-order valence-corrected chi connectivity index (χ3v) is 4.80. The highest BCUT2D eigenvalue weighted by Crippen LogP contribution is 2.30. The van der Waals surface area contributed by atoms with Gasteiger partial charge in [-0.3, -0.25) is 4.79 Å². The van der Waals surface area contributed by atoms with Crippen molar-refractivity contribution in [2.45, 2.75) is 25.5 Å². The maximum Gasteiger partial charge on any atom is 0.251 e. The third kappa shape index (κ3) is 3.62. The van der Waals surface area contributed by atoms with Crippen LogP contribution in [0.4, 0.5) is 0 Å². The summed E-state index contributed by atoms with van der Waals surface area (Å²) in [6.45, 7) is 0.488. The average molecular weight is 343 g/mol. The number of benzene rings is 3. The molecule has 26 heavy (non-hydrogen) atoms. The van der Waals surface area contributed by atoms with Crippen LogP contribution in [0.1, 0.15) is 39.5 Å². The predicted molar refractivity (Wildman–Crippen MR) is 102 cm³/mol. The molecule has 3 nitrogen and oxygen atoms in total. The van der Waals surface area contributed by atoms with Crippen LogP contribution in [0.3, 0.4) is 0 Å². The minimum Gasteiger partial charge on any atom is -0.489 e. The minimum absolute atomic E-state index is 0.0257. The highest BCUT2D eigenvalue weighted by Gasteiger charge is 2.23. The van der Waals surface area contributed by atoms with Crippen molar-refractivity contribution in [3.8, 4) is 5.75 Å². The van der Waals surface area contributed by atoms with Gasteiger partial charge in [-0.15, -0.1) is 0 Å². The number of carbonyl (C=O) groups is 1. The molecule has 130 valence electrons. The molecule has 1 unspecified atom stereocenters. The van der Waals surface area contributed by atoms with E-state index in [1.807, 2.05) is 60.7 Å². The Kier molecular flexibility index (Phi) is 4.69. The van der Waals surface area contributed by atoms with Gasteiger partial charge in [-0.1, -0.05) is 54.6 Å². The van der Waals surface area contributed by atoms with Gasteiger partial charge >= 0.3 is 0 Å². The molecule has 0 aromatic heterocycles. The molecule has 0 fully saturated rings. The zero-order valence-corrected chi connectivity index (χ0v) is 14.5. The minimum atomic E-state index is -0.0257. The van der Waals surface area contributed by atoms with Crippen molar-refractivity contribution in [2.24, 2.45) is 0 Å². The first kappa shape index (κ1) is 16.4. The molecule has 0 spiro atoms. The first-order valence-electron chi connectivity index (χ1n) is 8.95. The van der Waals surface area contributed by atoms with Crippen molar-refractivity contribution in [3.05, 3.63) is 101 Å². The molecule has 3 aromatic rings. The van der Waals surface area contributed by atoms with Gasteiger partial charge in [-0.25, -0.2) is 0 Å². The van der Waals surface area contributed by atoms with E-state index < -0.39 is 0 Å². The van der Waals surface area contributed by atoms with E-state index >= 15 is 0 Å². The number of rotatable bonds is 5. The van der Waals surface area contributed by atoms with Crippen LogP contribution in [0.2, 0.25) is 0 Å². The fourth-order valence-corrected chi connectivity index (χ4v) is 3.38. The lowest BCUT2D eigenvalue weighted by atomic mass is 10.1. The lowest BCUT2D eigenvalue weighted by Gasteiger charge is -2.14. The maximum atomic E-state index is 12.6. The fourth-order valence-electron chi connectivity index (χ4n) is 3.38. The Morgan fingerprint density at radius 1 is 0.923 bits per heavy atom. The summed E-state index contributed by atoms with van der Waals surface area (Å²) in [5, 5.41) is 3.16. The highest BCUT2D eigenvalue weighted by atomic mass is 16.5. The number of ether oxygens (including phenoxy) is 1. The van der Waals surface area contributed by atoms with E-state index in [9.17, 15) is 4.79 Å². The van der Waals surface area contributed by atoms with Crippen molar-refractivity contribution in [3.63, 3.8) is 0 Å². The Hall–Kier alpha value is -3.07. The van der Waals surface area contributed by atoms with Gasteiger partial charge in [0.2, 0.25) is 0 Å². The van der Waals surface area contributed by atoms with E-state index in [0.717, 1.165) is 24.2 Å². The van der Waals surface area contributed by atoms with Crippen molar-refractivity contribution in [2.75, 3.05) is 0 Å². The molecular weight excluding hydrogens is 322 g/mol. The Labute approximate surface area is 153 Å². The summed E-state index contributed by atoms with van der Waals surface area (Å²) < 4.78 is 5.74. The smallest absolute Gasteiger partial charge is 0.251 e. The molecule has 1 aliphatic rings. The van der Waals surface area contributed by atoms with E-state index in [-0.39, 0.29) is 11.9 Å². The number of hydrogen-bond acceptors (Lipinski definition) is 2. The van der Waals surface area contributed by atoms with E-state index in [1.54, 1.807) is 0 Å². The Morgan fingerprint density at radius 2 is 1.65 bits per heavy atom. The van der Waals surface area contributed by atoms with Crippen molar-refractivity contribution < 1.29 is 9.53 Å². The zero-order chi connectivity index (χ0) is 17.8. The van der Waals surface area contributed by atoms with Gasteiger partial charge in [-0.2, -0.15) is 0 Å². The van der Waals surface area contributed by atoms with Crippen LogP contribution in [-0.2, 0) is 13.0 Å². The Bertz CT molecular complexity index is 888. The van der Waals surface area contributed by atoms with Gasteiger partial charge in [0.15, 0.2) is 0 Å². The SMILES string of the molecule is O=C(NC1CCc2ccccc21)c1ccc(COc2ccccc2)cc1. The number of hydrogen-bond donors (Lipinski definition) is 1. The summed E-state index contributed by atoms with van der Waals surface area (Å²) in [4.78, 5) is 12.6. The number of carbonyl (C=O) groups excluding carboxylic acids is 1. The second-order valence-electron chi connectivity index (χ2n) is 6.56. The van der Waals surface area contributed by atoms with Gasteiger partial charge in [-0.05, 0) is 53.8 Å². The van der Waals surface area contributed by atoms with E-state index in [0.29, 0.717) is 12.2 Å². The van der Waals surface area contributed by atoms with Gasteiger partial charge in [0.25, 0.3) is 5.91 Å². The van der Waals surface area contributed by atoms with Gasteiger partial charge in [0.1, 0.15) is 12.4 Å². The van der Waals surface area contributed by atoms with Crippen LogP contribution in [-0.4, -0.2) is 5.91 Å². The number of fused-ring (bicyclic) bond motifs is 1. The lowest BCUT2D eigenvalue weighted by Crippen LogP contribution is -2.27. The molecule has 0 saturated heterocycles. The summed E-state index contributed by atoms with van der Waals surface area (Å²) in [6.07, 6.45) is 1.99. The van der Waals surface area contributed by atoms with Crippen LogP contribution in [0.25, 0.3) is 0 Å². The summed E-state index contributed by atoms with van der Waals surface area (Å²) >= 11 is 0. The number of para-hydroxylation sites is 1. The molecule has 0 heterocycles.